The summed E-state index contributed by atoms with van der Waals surface area (Å²) in [6.45, 7) is 7.00. The summed E-state index contributed by atoms with van der Waals surface area (Å²) in [5.41, 5.74) is 0.832. The molecule has 0 aliphatic heterocycles. The molecule has 0 aromatic carbocycles. The van der Waals surface area contributed by atoms with E-state index in [1.807, 2.05) is 19.9 Å². The molecule has 1 aromatic heterocycles. The topological polar surface area (TPSA) is 68.3 Å². The molecule has 1 rings (SSSR count). The Labute approximate surface area is 121 Å². The minimum Gasteiger partial charge on any atom is -0.492 e. The number of ether oxygens (including phenoxy) is 1. The Morgan fingerprint density at radius 1 is 1.35 bits per heavy atom. The summed E-state index contributed by atoms with van der Waals surface area (Å²) in [4.78, 5) is 4.15. The van der Waals surface area contributed by atoms with E-state index in [2.05, 4.69) is 10.3 Å². The standard InChI is InChI=1S/C14H24N2O3S/c1-5-7-19-13-8-12(9-15-10-13)14(16-6-2)11(3)20(4,17)18/h8-11,14,16H,5-7H2,1-4H3. The van der Waals surface area contributed by atoms with E-state index in [1.54, 1.807) is 19.3 Å². The molecule has 5 nitrogen and oxygen atoms in total. The molecule has 0 fully saturated rings. The highest BCUT2D eigenvalue weighted by atomic mass is 32.2. The molecule has 2 atom stereocenters. The van der Waals surface area contributed by atoms with Crippen molar-refractivity contribution in [3.05, 3.63) is 24.0 Å². The highest BCUT2D eigenvalue weighted by Crippen LogP contribution is 2.24. The average Bonchev–Trinajstić information content (AvgIpc) is 2.41. The van der Waals surface area contributed by atoms with Crippen LogP contribution in [0.25, 0.3) is 0 Å². The fourth-order valence-electron chi connectivity index (χ4n) is 1.93. The van der Waals surface area contributed by atoms with Crippen molar-refractivity contribution >= 4 is 9.84 Å². The third-order valence-corrected chi connectivity index (χ3v) is 4.76. The van der Waals surface area contributed by atoms with Gasteiger partial charge in [0.05, 0.1) is 24.1 Å². The number of hydrogen-bond acceptors (Lipinski definition) is 5. The summed E-state index contributed by atoms with van der Waals surface area (Å²) in [5.74, 6) is 0.674. The Kier molecular flexibility index (Phi) is 6.42. The van der Waals surface area contributed by atoms with Crippen LogP contribution >= 0.6 is 0 Å². The zero-order valence-corrected chi connectivity index (χ0v) is 13.4. The van der Waals surface area contributed by atoms with Crippen LogP contribution in [0.4, 0.5) is 0 Å². The highest BCUT2D eigenvalue weighted by molar-refractivity contribution is 7.91. The minimum absolute atomic E-state index is 0.285. The molecule has 0 spiro atoms. The van der Waals surface area contributed by atoms with Gasteiger partial charge in [-0.3, -0.25) is 4.98 Å². The van der Waals surface area contributed by atoms with Gasteiger partial charge >= 0.3 is 0 Å². The van der Waals surface area contributed by atoms with Crippen molar-refractivity contribution in [2.75, 3.05) is 19.4 Å². The van der Waals surface area contributed by atoms with Crippen LogP contribution in [0, 0.1) is 0 Å². The summed E-state index contributed by atoms with van der Waals surface area (Å²) < 4.78 is 29.1. The van der Waals surface area contributed by atoms with Crippen molar-refractivity contribution < 1.29 is 13.2 Å². The van der Waals surface area contributed by atoms with Crippen molar-refractivity contribution in [1.29, 1.82) is 0 Å². The molecule has 0 bridgehead atoms. The summed E-state index contributed by atoms with van der Waals surface area (Å²) >= 11 is 0. The SMILES string of the molecule is CCCOc1cncc(C(NCC)C(C)S(C)(=O)=O)c1. The summed E-state index contributed by atoms with van der Waals surface area (Å²) in [5, 5.41) is 2.69. The first-order valence-electron chi connectivity index (χ1n) is 6.90. The molecule has 0 aliphatic carbocycles. The Morgan fingerprint density at radius 3 is 2.60 bits per heavy atom. The van der Waals surface area contributed by atoms with E-state index in [1.165, 1.54) is 6.26 Å². The van der Waals surface area contributed by atoms with E-state index >= 15 is 0 Å². The Hall–Kier alpha value is -1.14. The molecule has 1 aromatic rings. The third-order valence-electron chi connectivity index (χ3n) is 3.14. The van der Waals surface area contributed by atoms with Gasteiger partial charge in [-0.2, -0.15) is 0 Å². The first-order valence-corrected chi connectivity index (χ1v) is 8.85. The molecule has 0 aliphatic rings. The number of rotatable bonds is 8. The van der Waals surface area contributed by atoms with Crippen LogP contribution < -0.4 is 10.1 Å². The van der Waals surface area contributed by atoms with E-state index in [0.717, 1.165) is 12.0 Å². The van der Waals surface area contributed by atoms with Crippen molar-refractivity contribution in [2.45, 2.75) is 38.5 Å². The van der Waals surface area contributed by atoms with Gasteiger partial charge in [-0.25, -0.2) is 8.42 Å². The number of nitrogens with zero attached hydrogens (tertiary/aromatic N) is 1. The molecule has 114 valence electrons. The fourth-order valence-corrected chi connectivity index (χ4v) is 2.67. The molecule has 2 unspecified atom stereocenters. The number of hydrogen-bond donors (Lipinski definition) is 1. The van der Waals surface area contributed by atoms with Crippen molar-refractivity contribution in [3.63, 3.8) is 0 Å². The number of pyridine rings is 1. The molecule has 0 saturated carbocycles. The normalized spacial score (nSPS) is 14.8. The summed E-state index contributed by atoms with van der Waals surface area (Å²) in [7, 11) is -3.13. The molecule has 20 heavy (non-hydrogen) atoms. The maximum absolute atomic E-state index is 11.8. The lowest BCUT2D eigenvalue weighted by molar-refractivity contribution is 0.315. The third kappa shape index (κ3) is 4.76. The Morgan fingerprint density at radius 2 is 2.05 bits per heavy atom. The van der Waals surface area contributed by atoms with E-state index in [-0.39, 0.29) is 6.04 Å². The molecular formula is C14H24N2O3S. The average molecular weight is 300 g/mol. The van der Waals surface area contributed by atoms with E-state index in [4.69, 9.17) is 4.74 Å². The van der Waals surface area contributed by atoms with Gasteiger partial charge in [-0.05, 0) is 31.5 Å². The maximum Gasteiger partial charge on any atom is 0.151 e. The molecule has 6 heteroatoms. The molecule has 1 heterocycles. The lowest BCUT2D eigenvalue weighted by atomic mass is 10.1. The number of nitrogens with one attached hydrogen (secondary N) is 1. The molecule has 0 radical (unpaired) electrons. The van der Waals surface area contributed by atoms with E-state index < -0.39 is 15.1 Å². The second kappa shape index (κ2) is 7.59. The minimum atomic E-state index is -3.13. The zero-order chi connectivity index (χ0) is 15.2. The first-order chi connectivity index (χ1) is 9.40. The van der Waals surface area contributed by atoms with Crippen LogP contribution in [0.5, 0.6) is 5.75 Å². The summed E-state index contributed by atoms with van der Waals surface area (Å²) in [6.07, 6.45) is 5.51. The molecule has 0 saturated heterocycles. The molecular weight excluding hydrogens is 276 g/mol. The molecule has 0 amide bonds. The predicted octanol–water partition coefficient (Wildman–Crippen LogP) is 1.95. The van der Waals surface area contributed by atoms with Crippen molar-refractivity contribution in [3.8, 4) is 5.75 Å². The number of sulfone groups is 1. The summed E-state index contributed by atoms with van der Waals surface area (Å²) in [6, 6.07) is 1.57. The van der Waals surface area contributed by atoms with Gasteiger partial charge in [0.15, 0.2) is 9.84 Å². The van der Waals surface area contributed by atoms with Crippen LogP contribution in [0.1, 0.15) is 38.8 Å². The lowest BCUT2D eigenvalue weighted by Gasteiger charge is -2.24. The number of aromatic nitrogens is 1. The van der Waals surface area contributed by atoms with Crippen molar-refractivity contribution in [1.82, 2.24) is 10.3 Å². The lowest BCUT2D eigenvalue weighted by Crippen LogP contribution is -2.35. The van der Waals surface area contributed by atoms with Crippen LogP contribution in [-0.4, -0.2) is 38.1 Å². The van der Waals surface area contributed by atoms with Gasteiger partial charge in [0.1, 0.15) is 5.75 Å². The maximum atomic E-state index is 11.8. The van der Waals surface area contributed by atoms with Crippen molar-refractivity contribution in [2.24, 2.45) is 0 Å². The van der Waals surface area contributed by atoms with Crippen LogP contribution in [0.15, 0.2) is 18.5 Å². The highest BCUT2D eigenvalue weighted by Gasteiger charge is 2.27. The van der Waals surface area contributed by atoms with Gasteiger partial charge in [0, 0.05) is 12.5 Å². The van der Waals surface area contributed by atoms with E-state index in [9.17, 15) is 8.42 Å². The van der Waals surface area contributed by atoms with Crippen LogP contribution in [0.2, 0.25) is 0 Å². The smallest absolute Gasteiger partial charge is 0.151 e. The second-order valence-electron chi connectivity index (χ2n) is 4.87. The van der Waals surface area contributed by atoms with Gasteiger partial charge in [0.2, 0.25) is 0 Å². The zero-order valence-electron chi connectivity index (χ0n) is 12.6. The Balaban J connectivity index is 3.02. The second-order valence-corrected chi connectivity index (χ2v) is 7.28. The fraction of sp³-hybridized carbons (Fsp3) is 0.643. The van der Waals surface area contributed by atoms with E-state index in [0.29, 0.717) is 18.9 Å². The van der Waals surface area contributed by atoms with Gasteiger partial charge in [-0.15, -0.1) is 0 Å². The largest absolute Gasteiger partial charge is 0.492 e. The Bertz CT molecular complexity index is 517. The van der Waals surface area contributed by atoms with Crippen LogP contribution in [-0.2, 0) is 9.84 Å². The predicted molar refractivity (Wildman–Crippen MR) is 80.7 cm³/mol. The van der Waals surface area contributed by atoms with Gasteiger partial charge in [0.25, 0.3) is 0 Å². The first kappa shape index (κ1) is 16.9. The van der Waals surface area contributed by atoms with Gasteiger partial charge in [-0.1, -0.05) is 13.8 Å². The quantitative estimate of drug-likeness (QED) is 0.795. The monoisotopic (exact) mass is 300 g/mol. The van der Waals surface area contributed by atoms with Gasteiger partial charge < -0.3 is 10.1 Å². The van der Waals surface area contributed by atoms with Crippen LogP contribution in [0.3, 0.4) is 0 Å². The molecule has 1 N–H and O–H groups in total.